The minimum absolute atomic E-state index is 0.00257. The van der Waals surface area contributed by atoms with Gasteiger partial charge in [0.1, 0.15) is 24.2 Å². The number of nitrogens with one attached hydrogen (secondary N) is 5. The van der Waals surface area contributed by atoms with E-state index >= 15 is 0 Å². The summed E-state index contributed by atoms with van der Waals surface area (Å²) in [6.45, 7) is 3.16. The number of carbonyl (C=O) groups excluding carboxylic acids is 6. The number of aliphatic hydroxyl groups is 2. The molecular formula is C24H43N7O11. The molecule has 0 aliphatic rings. The van der Waals surface area contributed by atoms with Crippen LogP contribution in [0.15, 0.2) is 0 Å². The van der Waals surface area contributed by atoms with E-state index in [1.54, 1.807) is 0 Å². The van der Waals surface area contributed by atoms with Crippen LogP contribution in [0.1, 0.15) is 46.0 Å². The molecule has 0 aromatic carbocycles. The number of carbonyl (C=O) groups is 7. The fourth-order valence-electron chi connectivity index (χ4n) is 3.60. The Morgan fingerprint density at radius 1 is 0.881 bits per heavy atom. The number of carboxylic acid groups (broad SMARTS) is 1. The van der Waals surface area contributed by atoms with Crippen molar-refractivity contribution in [3.05, 3.63) is 0 Å². The van der Waals surface area contributed by atoms with Gasteiger partial charge >= 0.3 is 5.97 Å². The van der Waals surface area contributed by atoms with E-state index in [4.69, 9.17) is 5.73 Å². The predicted octanol–water partition coefficient (Wildman–Crippen LogP) is -4.48. The number of nitrogens with two attached hydrogens (primary N) is 1. The maximum absolute atomic E-state index is 12.9. The molecule has 5 unspecified atom stereocenters. The largest absolute Gasteiger partial charge is 0.479 e. The zero-order valence-electron chi connectivity index (χ0n) is 23.7. The summed E-state index contributed by atoms with van der Waals surface area (Å²) in [7, 11) is 0. The number of rotatable bonds is 23. The van der Waals surface area contributed by atoms with Gasteiger partial charge in [-0.25, -0.2) is 9.86 Å². The lowest BCUT2D eigenvalue weighted by atomic mass is 10.0. The second kappa shape index (κ2) is 20.9. The van der Waals surface area contributed by atoms with Crippen LogP contribution >= 0.6 is 0 Å². The Labute approximate surface area is 242 Å². The van der Waals surface area contributed by atoms with E-state index in [1.165, 1.54) is 0 Å². The maximum Gasteiger partial charge on any atom is 0.335 e. The van der Waals surface area contributed by atoms with Crippen LogP contribution in [0.2, 0.25) is 0 Å². The van der Waals surface area contributed by atoms with Crippen molar-refractivity contribution < 1.29 is 54.1 Å². The summed E-state index contributed by atoms with van der Waals surface area (Å²) in [5.74, 6) is -5.92. The van der Waals surface area contributed by atoms with Crippen LogP contribution in [0.3, 0.4) is 0 Å². The lowest BCUT2D eigenvalue weighted by Gasteiger charge is -2.27. The summed E-state index contributed by atoms with van der Waals surface area (Å²) < 4.78 is 0. The highest BCUT2D eigenvalue weighted by molar-refractivity contribution is 5.97. The third-order valence-corrected chi connectivity index (χ3v) is 5.82. The molecule has 0 fully saturated rings. The zero-order chi connectivity index (χ0) is 32.2. The summed E-state index contributed by atoms with van der Waals surface area (Å²) in [6.07, 6.45) is -0.920. The Bertz CT molecular complexity index is 906. The third kappa shape index (κ3) is 14.7. The first-order valence-electron chi connectivity index (χ1n) is 13.3. The van der Waals surface area contributed by atoms with E-state index in [1.807, 2.05) is 24.5 Å². The van der Waals surface area contributed by atoms with Crippen molar-refractivity contribution >= 4 is 42.4 Å². The van der Waals surface area contributed by atoms with Crippen molar-refractivity contribution in [2.24, 2.45) is 11.7 Å². The fraction of sp³-hybridized carbons (Fsp3) is 0.708. The zero-order valence-corrected chi connectivity index (χ0v) is 23.7. The van der Waals surface area contributed by atoms with Crippen molar-refractivity contribution in [2.45, 2.75) is 76.2 Å². The molecule has 0 aliphatic carbocycles. The first kappa shape index (κ1) is 38.1. The lowest BCUT2D eigenvalue weighted by molar-refractivity contribution is -0.152. The Kier molecular flexibility index (Phi) is 19.0. The van der Waals surface area contributed by atoms with E-state index in [2.05, 4.69) is 16.0 Å². The molecule has 0 heterocycles. The van der Waals surface area contributed by atoms with Gasteiger partial charge in [-0.2, -0.15) is 0 Å². The molecule has 240 valence electrons. The summed E-state index contributed by atoms with van der Waals surface area (Å²) in [5, 5.41) is 49.8. The maximum atomic E-state index is 12.9. The highest BCUT2D eigenvalue weighted by Gasteiger charge is 2.37. The fourth-order valence-corrected chi connectivity index (χ4v) is 3.60. The van der Waals surface area contributed by atoms with Gasteiger partial charge in [-0.05, 0) is 44.6 Å². The molecule has 6 amide bonds. The molecule has 0 saturated carbocycles. The van der Waals surface area contributed by atoms with Crippen molar-refractivity contribution in [3.8, 4) is 0 Å². The van der Waals surface area contributed by atoms with E-state index in [0.717, 1.165) is 0 Å². The number of aliphatic carboxylic acids is 1. The molecule has 0 rings (SSSR count). The van der Waals surface area contributed by atoms with Gasteiger partial charge in [-0.15, -0.1) is 0 Å². The van der Waals surface area contributed by atoms with Gasteiger partial charge in [-0.1, -0.05) is 13.8 Å². The minimum atomic E-state index is -2.51. The van der Waals surface area contributed by atoms with Crippen LogP contribution in [0.5, 0.6) is 0 Å². The second-order valence-electron chi connectivity index (χ2n) is 9.74. The van der Waals surface area contributed by atoms with Crippen molar-refractivity contribution in [1.82, 2.24) is 31.6 Å². The molecule has 0 aromatic heterocycles. The molecule has 0 bridgehead atoms. The van der Waals surface area contributed by atoms with Crippen LogP contribution in [-0.4, -0.2) is 125 Å². The van der Waals surface area contributed by atoms with Gasteiger partial charge in [0.15, 0.2) is 6.10 Å². The summed E-state index contributed by atoms with van der Waals surface area (Å²) in [6, 6.07) is -6.29. The smallest absolute Gasteiger partial charge is 0.335 e. The summed E-state index contributed by atoms with van der Waals surface area (Å²) >= 11 is 0. The van der Waals surface area contributed by atoms with E-state index < -0.39 is 66.5 Å². The summed E-state index contributed by atoms with van der Waals surface area (Å²) in [5.41, 5.74) is 5.43. The van der Waals surface area contributed by atoms with Gasteiger partial charge in [0.2, 0.25) is 36.4 Å². The molecule has 0 radical (unpaired) electrons. The Hall–Kier alpha value is -3.87. The lowest BCUT2D eigenvalue weighted by Crippen LogP contribution is -2.62. The molecule has 0 aromatic rings. The van der Waals surface area contributed by atoms with Gasteiger partial charge < -0.3 is 47.6 Å². The Morgan fingerprint density at radius 3 is 2.02 bits per heavy atom. The standard InChI is InChI=1S/C24H43N7O11/c1-14(2)10-16(20(36)26-8-4-3-7-25)28-22(38)17(11-32)29-23(39)18(19(35)24(40)41)30-21(37)15(27-12-33)6-5-9-31(42)13-34/h12-19,32,35,42H,3-11,25H2,1-2H3,(H,26,36)(H,27,33)(H,28,38)(H,29,39)(H,30,37)(H,40,41). The van der Waals surface area contributed by atoms with E-state index in [9.17, 15) is 54.1 Å². The number of hydrogen-bond donors (Lipinski definition) is 10. The quantitative estimate of drug-likeness (QED) is 0.0228. The molecule has 0 spiro atoms. The normalized spacial score (nSPS) is 14.4. The molecule has 0 saturated heterocycles. The van der Waals surface area contributed by atoms with Crippen molar-refractivity contribution in [1.29, 1.82) is 0 Å². The number of carboxylic acids is 1. The average Bonchev–Trinajstić information content (AvgIpc) is 2.94. The number of unbranched alkanes of at least 4 members (excludes halogenated alkanes) is 1. The highest BCUT2D eigenvalue weighted by atomic mass is 16.5. The predicted molar refractivity (Wildman–Crippen MR) is 144 cm³/mol. The monoisotopic (exact) mass is 605 g/mol. The van der Waals surface area contributed by atoms with Crippen LogP contribution in [-0.2, 0) is 33.6 Å². The molecule has 11 N–H and O–H groups in total. The number of hydroxylamine groups is 2. The molecule has 42 heavy (non-hydrogen) atoms. The second-order valence-corrected chi connectivity index (χ2v) is 9.74. The highest BCUT2D eigenvalue weighted by Crippen LogP contribution is 2.07. The first-order valence-corrected chi connectivity index (χ1v) is 13.3. The van der Waals surface area contributed by atoms with Gasteiger partial charge in [0.25, 0.3) is 0 Å². The molecule has 0 aliphatic heterocycles. The first-order chi connectivity index (χ1) is 19.8. The van der Waals surface area contributed by atoms with Crippen LogP contribution in [0.4, 0.5) is 0 Å². The van der Waals surface area contributed by atoms with E-state index in [-0.39, 0.29) is 49.6 Å². The Balaban J connectivity index is 5.64. The topological polar surface area (TPSA) is 290 Å². The van der Waals surface area contributed by atoms with Crippen LogP contribution in [0.25, 0.3) is 0 Å². The number of nitrogens with zero attached hydrogens (tertiary/aromatic N) is 1. The van der Waals surface area contributed by atoms with Gasteiger partial charge in [-0.3, -0.25) is 34.0 Å². The van der Waals surface area contributed by atoms with Crippen LogP contribution in [0, 0.1) is 5.92 Å². The average molecular weight is 606 g/mol. The third-order valence-electron chi connectivity index (χ3n) is 5.82. The number of amides is 6. The number of aliphatic hydroxyl groups excluding tert-OH is 2. The molecule has 18 heteroatoms. The molecule has 18 nitrogen and oxygen atoms in total. The van der Waals surface area contributed by atoms with Gasteiger partial charge in [0, 0.05) is 13.1 Å². The molecular weight excluding hydrogens is 562 g/mol. The number of hydrogen-bond acceptors (Lipinski definition) is 11. The van der Waals surface area contributed by atoms with E-state index in [0.29, 0.717) is 25.9 Å². The van der Waals surface area contributed by atoms with Crippen molar-refractivity contribution in [2.75, 3.05) is 26.2 Å². The van der Waals surface area contributed by atoms with Gasteiger partial charge in [0.05, 0.1) is 6.61 Å². The minimum Gasteiger partial charge on any atom is -0.479 e. The van der Waals surface area contributed by atoms with Crippen molar-refractivity contribution in [3.63, 3.8) is 0 Å². The Morgan fingerprint density at radius 2 is 1.50 bits per heavy atom. The molecule has 5 atom stereocenters. The van der Waals surface area contributed by atoms with Crippen LogP contribution < -0.4 is 32.3 Å². The SMILES string of the molecule is CC(C)CC(NC(=O)C(CO)NC(=O)C(NC(=O)C(CCCN(O)C=O)NC=O)C(O)C(=O)O)C(=O)NCCCCN. The summed E-state index contributed by atoms with van der Waals surface area (Å²) in [4.78, 5) is 84.0.